The van der Waals surface area contributed by atoms with Gasteiger partial charge in [-0.2, -0.15) is 0 Å². The van der Waals surface area contributed by atoms with Crippen LogP contribution in [-0.2, 0) is 0 Å². The van der Waals surface area contributed by atoms with Crippen LogP contribution in [0.15, 0.2) is 36.4 Å². The van der Waals surface area contributed by atoms with Crippen molar-refractivity contribution in [2.45, 2.75) is 0 Å². The third-order valence-corrected chi connectivity index (χ3v) is 3.35. The summed E-state index contributed by atoms with van der Waals surface area (Å²) >= 11 is 6.09. The van der Waals surface area contributed by atoms with E-state index in [1.54, 1.807) is 23.8 Å². The summed E-state index contributed by atoms with van der Waals surface area (Å²) in [6.45, 7) is 0. The molecule has 0 atom stereocenters. The second-order valence-electron chi connectivity index (χ2n) is 4.23. The molecule has 0 aliphatic carbocycles. The van der Waals surface area contributed by atoms with Crippen LogP contribution in [0.2, 0.25) is 5.02 Å². The summed E-state index contributed by atoms with van der Waals surface area (Å²) in [5, 5.41) is 0.263. The molecule has 0 unspecified atom stereocenters. The standard InChI is InChI=1S/C14H11ClFN3O/c1-20-12-4-2-3-11-13(12)18-14(17)19(11)10-6-5-8(16)7-9(10)15/h2-7H,1H3,(H2,17,18). The zero-order valence-corrected chi connectivity index (χ0v) is 11.4. The molecule has 0 amide bonds. The first-order valence-corrected chi connectivity index (χ1v) is 6.26. The zero-order valence-electron chi connectivity index (χ0n) is 10.6. The highest BCUT2D eigenvalue weighted by molar-refractivity contribution is 6.32. The van der Waals surface area contributed by atoms with Crippen molar-refractivity contribution in [3.63, 3.8) is 0 Å². The fourth-order valence-corrected chi connectivity index (χ4v) is 2.42. The summed E-state index contributed by atoms with van der Waals surface area (Å²) in [7, 11) is 1.56. The Hall–Kier alpha value is -2.27. The van der Waals surface area contributed by atoms with Gasteiger partial charge in [0, 0.05) is 0 Å². The van der Waals surface area contributed by atoms with Crippen LogP contribution in [0.25, 0.3) is 16.7 Å². The molecule has 20 heavy (non-hydrogen) atoms. The Bertz CT molecular complexity index is 800. The molecule has 0 bridgehead atoms. The van der Waals surface area contributed by atoms with Crippen LogP contribution >= 0.6 is 11.6 Å². The van der Waals surface area contributed by atoms with Gasteiger partial charge in [-0.05, 0) is 30.3 Å². The average Bonchev–Trinajstić information content (AvgIpc) is 2.75. The zero-order chi connectivity index (χ0) is 14.3. The number of ether oxygens (including phenoxy) is 1. The van der Waals surface area contributed by atoms with Gasteiger partial charge in [0.2, 0.25) is 5.95 Å². The highest BCUT2D eigenvalue weighted by atomic mass is 35.5. The topological polar surface area (TPSA) is 53.1 Å². The predicted octanol–water partition coefficient (Wildman–Crippen LogP) is 3.41. The fraction of sp³-hybridized carbons (Fsp3) is 0.0714. The molecule has 0 saturated heterocycles. The third kappa shape index (κ3) is 1.87. The van der Waals surface area contributed by atoms with E-state index in [4.69, 9.17) is 22.1 Å². The summed E-state index contributed by atoms with van der Waals surface area (Å²) < 4.78 is 20.1. The Balaban J connectivity index is 2.34. The van der Waals surface area contributed by atoms with Crippen LogP contribution in [0.1, 0.15) is 0 Å². The highest BCUT2D eigenvalue weighted by Crippen LogP contribution is 2.32. The molecule has 0 radical (unpaired) electrons. The molecule has 1 aromatic heterocycles. The van der Waals surface area contributed by atoms with Crippen molar-refractivity contribution in [1.82, 2.24) is 9.55 Å². The quantitative estimate of drug-likeness (QED) is 0.787. The number of nitrogens with zero attached hydrogens (tertiary/aromatic N) is 2. The highest BCUT2D eigenvalue weighted by Gasteiger charge is 2.15. The van der Waals surface area contributed by atoms with E-state index in [1.165, 1.54) is 12.1 Å². The first kappa shape index (κ1) is 12.7. The summed E-state index contributed by atoms with van der Waals surface area (Å²) in [6, 6.07) is 9.60. The van der Waals surface area contributed by atoms with Crippen LogP contribution in [0.3, 0.4) is 0 Å². The second-order valence-corrected chi connectivity index (χ2v) is 4.64. The Morgan fingerprint density at radius 2 is 2.10 bits per heavy atom. The van der Waals surface area contributed by atoms with Gasteiger partial charge < -0.3 is 10.5 Å². The van der Waals surface area contributed by atoms with E-state index in [9.17, 15) is 4.39 Å². The van der Waals surface area contributed by atoms with E-state index in [0.29, 0.717) is 17.0 Å². The summed E-state index contributed by atoms with van der Waals surface area (Å²) in [5.74, 6) is 0.475. The molecule has 2 N–H and O–H groups in total. The lowest BCUT2D eigenvalue weighted by atomic mass is 10.2. The maximum atomic E-state index is 13.2. The minimum Gasteiger partial charge on any atom is -0.494 e. The maximum absolute atomic E-state index is 13.2. The summed E-state index contributed by atoms with van der Waals surface area (Å²) in [4.78, 5) is 4.29. The molecule has 0 spiro atoms. The number of nitrogens with two attached hydrogens (primary N) is 1. The smallest absolute Gasteiger partial charge is 0.206 e. The van der Waals surface area contributed by atoms with E-state index >= 15 is 0 Å². The molecule has 6 heteroatoms. The van der Waals surface area contributed by atoms with Crippen molar-refractivity contribution in [2.75, 3.05) is 12.8 Å². The number of hydrogen-bond donors (Lipinski definition) is 1. The number of aromatic nitrogens is 2. The average molecular weight is 292 g/mol. The molecule has 0 aliphatic rings. The number of benzene rings is 2. The first-order valence-electron chi connectivity index (χ1n) is 5.88. The number of fused-ring (bicyclic) bond motifs is 1. The number of methoxy groups -OCH3 is 1. The molecule has 102 valence electrons. The molecule has 4 nitrogen and oxygen atoms in total. The molecule has 3 rings (SSSR count). The van der Waals surface area contributed by atoms with E-state index in [0.717, 1.165) is 5.52 Å². The second kappa shape index (κ2) is 4.68. The molecule has 1 heterocycles. The van der Waals surface area contributed by atoms with Crippen molar-refractivity contribution in [2.24, 2.45) is 0 Å². The monoisotopic (exact) mass is 291 g/mol. The van der Waals surface area contributed by atoms with Crippen LogP contribution in [0.4, 0.5) is 10.3 Å². The Kier molecular flexibility index (Phi) is 2.99. The van der Waals surface area contributed by atoms with Gasteiger partial charge in [0.25, 0.3) is 0 Å². The van der Waals surface area contributed by atoms with E-state index < -0.39 is 5.82 Å². The number of imidazole rings is 1. The fourth-order valence-electron chi connectivity index (χ4n) is 2.17. The van der Waals surface area contributed by atoms with E-state index in [-0.39, 0.29) is 11.0 Å². The summed E-state index contributed by atoms with van der Waals surface area (Å²) in [6.07, 6.45) is 0. The Morgan fingerprint density at radius 1 is 1.30 bits per heavy atom. The van der Waals surface area contributed by atoms with Gasteiger partial charge >= 0.3 is 0 Å². The normalized spacial score (nSPS) is 10.9. The number of para-hydroxylation sites is 1. The Morgan fingerprint density at radius 3 is 2.80 bits per heavy atom. The number of rotatable bonds is 2. The van der Waals surface area contributed by atoms with Crippen molar-refractivity contribution in [1.29, 1.82) is 0 Å². The number of hydrogen-bond acceptors (Lipinski definition) is 3. The van der Waals surface area contributed by atoms with Gasteiger partial charge in [-0.15, -0.1) is 0 Å². The first-order chi connectivity index (χ1) is 9.61. The summed E-state index contributed by atoms with van der Waals surface area (Å²) in [5.41, 5.74) is 7.91. The lowest BCUT2D eigenvalue weighted by Crippen LogP contribution is -2.01. The molecular weight excluding hydrogens is 281 g/mol. The number of halogens is 2. The van der Waals surface area contributed by atoms with E-state index in [1.807, 2.05) is 12.1 Å². The van der Waals surface area contributed by atoms with Gasteiger partial charge in [0.05, 0.1) is 23.3 Å². The van der Waals surface area contributed by atoms with Crippen LogP contribution in [0.5, 0.6) is 5.75 Å². The maximum Gasteiger partial charge on any atom is 0.206 e. The molecule has 3 aromatic rings. The van der Waals surface area contributed by atoms with Crippen LogP contribution in [0, 0.1) is 5.82 Å². The lowest BCUT2D eigenvalue weighted by Gasteiger charge is -2.09. The number of nitrogen functional groups attached to an aromatic ring is 1. The van der Waals surface area contributed by atoms with Crippen LogP contribution in [-0.4, -0.2) is 16.7 Å². The van der Waals surface area contributed by atoms with Crippen molar-refractivity contribution in [3.05, 3.63) is 47.2 Å². The molecule has 0 saturated carbocycles. The van der Waals surface area contributed by atoms with Crippen molar-refractivity contribution in [3.8, 4) is 11.4 Å². The number of anilines is 1. The van der Waals surface area contributed by atoms with Gasteiger partial charge in [-0.25, -0.2) is 9.37 Å². The Labute approximate surface area is 119 Å². The molecular formula is C14H11ClFN3O. The molecule has 0 aliphatic heterocycles. The van der Waals surface area contributed by atoms with Crippen molar-refractivity contribution >= 4 is 28.6 Å². The lowest BCUT2D eigenvalue weighted by molar-refractivity contribution is 0.419. The van der Waals surface area contributed by atoms with Crippen molar-refractivity contribution < 1.29 is 9.13 Å². The van der Waals surface area contributed by atoms with Gasteiger partial charge in [0.1, 0.15) is 17.1 Å². The molecule has 0 fully saturated rings. The molecule has 2 aromatic carbocycles. The van der Waals surface area contributed by atoms with Crippen LogP contribution < -0.4 is 10.5 Å². The minimum atomic E-state index is -0.403. The van der Waals surface area contributed by atoms with Gasteiger partial charge in [-0.3, -0.25) is 4.57 Å². The largest absolute Gasteiger partial charge is 0.494 e. The predicted molar refractivity (Wildman–Crippen MR) is 77.0 cm³/mol. The minimum absolute atomic E-state index is 0.262. The van der Waals surface area contributed by atoms with Gasteiger partial charge in [0.15, 0.2) is 0 Å². The van der Waals surface area contributed by atoms with Gasteiger partial charge in [-0.1, -0.05) is 17.7 Å². The van der Waals surface area contributed by atoms with E-state index in [2.05, 4.69) is 4.98 Å². The SMILES string of the molecule is COc1cccc2c1nc(N)n2-c1ccc(F)cc1Cl. The third-order valence-electron chi connectivity index (χ3n) is 3.04.